The van der Waals surface area contributed by atoms with Crippen molar-refractivity contribution >= 4 is 10.8 Å². The molecule has 0 bridgehead atoms. The van der Waals surface area contributed by atoms with E-state index in [1.165, 1.54) is 0 Å². The van der Waals surface area contributed by atoms with Gasteiger partial charge in [-0.3, -0.25) is 4.21 Å². The first-order valence-corrected chi connectivity index (χ1v) is 7.41. The maximum absolute atomic E-state index is 11.9. The van der Waals surface area contributed by atoms with Crippen LogP contribution < -0.4 is 0 Å². The van der Waals surface area contributed by atoms with E-state index in [0.717, 1.165) is 12.0 Å². The highest BCUT2D eigenvalue weighted by Gasteiger charge is 2.14. The van der Waals surface area contributed by atoms with Gasteiger partial charge < -0.3 is 0 Å². The lowest BCUT2D eigenvalue weighted by Gasteiger charge is -2.10. The molecule has 0 spiro atoms. The van der Waals surface area contributed by atoms with Gasteiger partial charge in [0.2, 0.25) is 0 Å². The maximum Gasteiger partial charge on any atom is 0.0827 e. The fraction of sp³-hybridized carbons (Fsp3) is 0.500. The van der Waals surface area contributed by atoms with E-state index in [9.17, 15) is 4.21 Å². The predicted octanol–water partition coefficient (Wildman–Crippen LogP) is 3.09. The van der Waals surface area contributed by atoms with Crippen LogP contribution in [0, 0.1) is 17.2 Å². The van der Waals surface area contributed by atoms with Crippen molar-refractivity contribution in [2.45, 2.75) is 26.2 Å². The number of benzene rings is 1. The zero-order valence-corrected chi connectivity index (χ0v) is 11.2. The largest absolute Gasteiger partial charge is 0.260 e. The molecule has 0 radical (unpaired) electrons. The van der Waals surface area contributed by atoms with E-state index < -0.39 is 10.8 Å². The normalized spacial score (nSPS) is 14.2. The van der Waals surface area contributed by atoms with Crippen LogP contribution in [0.4, 0.5) is 0 Å². The van der Waals surface area contributed by atoms with Gasteiger partial charge in [0, 0.05) is 22.3 Å². The summed E-state index contributed by atoms with van der Waals surface area (Å²) in [5.74, 6) is 1.47. The minimum atomic E-state index is -0.894. The van der Waals surface area contributed by atoms with E-state index in [4.69, 9.17) is 5.26 Å². The van der Waals surface area contributed by atoms with E-state index in [1.807, 2.05) is 30.3 Å². The summed E-state index contributed by atoms with van der Waals surface area (Å²) in [5.41, 5.74) is 0.966. The lowest BCUT2D eigenvalue weighted by Crippen LogP contribution is -2.12. The van der Waals surface area contributed by atoms with Gasteiger partial charge in [-0.1, -0.05) is 44.2 Å². The van der Waals surface area contributed by atoms with E-state index in [0.29, 0.717) is 17.4 Å². The van der Waals surface area contributed by atoms with Crippen molar-refractivity contribution in [3.63, 3.8) is 0 Å². The second kappa shape index (κ2) is 7.24. The highest BCUT2D eigenvalue weighted by molar-refractivity contribution is 7.85. The van der Waals surface area contributed by atoms with Crippen LogP contribution in [-0.4, -0.2) is 15.7 Å². The molecule has 1 rings (SSSR count). The van der Waals surface area contributed by atoms with Crippen molar-refractivity contribution < 1.29 is 4.21 Å². The number of nitriles is 1. The quantitative estimate of drug-likeness (QED) is 0.777. The Morgan fingerprint density at radius 3 is 2.47 bits per heavy atom. The predicted molar refractivity (Wildman–Crippen MR) is 72.1 cm³/mol. The highest BCUT2D eigenvalue weighted by Crippen LogP contribution is 2.16. The van der Waals surface area contributed by atoms with E-state index >= 15 is 0 Å². The van der Waals surface area contributed by atoms with Gasteiger partial charge in [-0.25, -0.2) is 0 Å². The average molecular weight is 249 g/mol. The summed E-state index contributed by atoms with van der Waals surface area (Å²) in [6, 6.07) is 11.8. The van der Waals surface area contributed by atoms with Crippen LogP contribution in [0.3, 0.4) is 0 Å². The van der Waals surface area contributed by atoms with Crippen LogP contribution in [0.15, 0.2) is 30.3 Å². The smallest absolute Gasteiger partial charge is 0.0827 e. The lowest BCUT2D eigenvalue weighted by atomic mass is 10.0. The van der Waals surface area contributed by atoms with Gasteiger partial charge in [-0.05, 0) is 17.9 Å². The summed E-state index contributed by atoms with van der Waals surface area (Å²) in [4.78, 5) is 0. The number of hydrogen-bond acceptors (Lipinski definition) is 2. The standard InChI is InChI=1S/C14H19NOS/c1-12(2)8-9-17(16)11-14(10-15)13-6-4-3-5-7-13/h3-7,12,14H,8-9,11H2,1-2H3. The molecule has 0 aliphatic heterocycles. The molecule has 0 heterocycles. The Labute approximate surface area is 106 Å². The molecule has 0 aliphatic carbocycles. The minimum absolute atomic E-state index is 0.246. The summed E-state index contributed by atoms with van der Waals surface area (Å²) in [5, 5.41) is 9.12. The molecular weight excluding hydrogens is 230 g/mol. The van der Waals surface area contributed by atoms with E-state index in [-0.39, 0.29) is 5.92 Å². The molecule has 2 nitrogen and oxygen atoms in total. The third-order valence-electron chi connectivity index (χ3n) is 2.63. The lowest BCUT2D eigenvalue weighted by molar-refractivity contribution is 0.618. The Bertz CT molecular complexity index is 394. The van der Waals surface area contributed by atoms with Gasteiger partial charge in [0.25, 0.3) is 0 Å². The molecule has 1 aromatic carbocycles. The Morgan fingerprint density at radius 1 is 1.29 bits per heavy atom. The minimum Gasteiger partial charge on any atom is -0.260 e. The van der Waals surface area contributed by atoms with Gasteiger partial charge in [-0.2, -0.15) is 5.26 Å². The van der Waals surface area contributed by atoms with Crippen LogP contribution in [-0.2, 0) is 10.8 Å². The SMILES string of the molecule is CC(C)CCS(=O)CC(C#N)c1ccccc1. The van der Waals surface area contributed by atoms with Gasteiger partial charge in [-0.15, -0.1) is 0 Å². The highest BCUT2D eigenvalue weighted by atomic mass is 32.2. The monoisotopic (exact) mass is 249 g/mol. The van der Waals surface area contributed by atoms with Crippen LogP contribution in [0.1, 0.15) is 31.7 Å². The second-order valence-electron chi connectivity index (χ2n) is 4.59. The molecule has 3 heteroatoms. The summed E-state index contributed by atoms with van der Waals surface area (Å²) in [7, 11) is -0.894. The fourth-order valence-electron chi connectivity index (χ4n) is 1.53. The van der Waals surface area contributed by atoms with Crippen molar-refractivity contribution in [2.24, 2.45) is 5.92 Å². The summed E-state index contributed by atoms with van der Waals surface area (Å²) in [6.45, 7) is 4.24. The zero-order valence-electron chi connectivity index (χ0n) is 10.4. The molecule has 92 valence electrons. The molecule has 2 atom stereocenters. The van der Waals surface area contributed by atoms with Crippen molar-refractivity contribution in [1.82, 2.24) is 0 Å². The molecule has 0 saturated carbocycles. The topological polar surface area (TPSA) is 40.9 Å². The Hall–Kier alpha value is -1.14. The average Bonchev–Trinajstić information content (AvgIpc) is 2.34. The third-order valence-corrected chi connectivity index (χ3v) is 4.03. The molecule has 0 aromatic heterocycles. The first-order chi connectivity index (χ1) is 8.13. The van der Waals surface area contributed by atoms with Crippen LogP contribution in [0.2, 0.25) is 0 Å². The van der Waals surface area contributed by atoms with Crippen molar-refractivity contribution in [3.8, 4) is 6.07 Å². The molecule has 2 unspecified atom stereocenters. The first-order valence-electron chi connectivity index (χ1n) is 5.93. The maximum atomic E-state index is 11.9. The molecule has 1 aromatic rings. The number of nitrogens with zero attached hydrogens (tertiary/aromatic N) is 1. The molecule has 0 aliphatic rings. The third kappa shape index (κ3) is 5.14. The van der Waals surface area contributed by atoms with Crippen LogP contribution >= 0.6 is 0 Å². The zero-order chi connectivity index (χ0) is 12.7. The van der Waals surface area contributed by atoms with Gasteiger partial charge >= 0.3 is 0 Å². The van der Waals surface area contributed by atoms with Crippen molar-refractivity contribution in [2.75, 3.05) is 11.5 Å². The fourth-order valence-corrected chi connectivity index (χ4v) is 3.07. The van der Waals surface area contributed by atoms with Crippen molar-refractivity contribution in [3.05, 3.63) is 35.9 Å². The van der Waals surface area contributed by atoms with Crippen LogP contribution in [0.25, 0.3) is 0 Å². The van der Waals surface area contributed by atoms with E-state index in [1.54, 1.807) is 0 Å². The number of rotatable bonds is 6. The first kappa shape index (κ1) is 13.9. The van der Waals surface area contributed by atoms with Crippen LogP contribution in [0.5, 0.6) is 0 Å². The molecule has 0 amide bonds. The van der Waals surface area contributed by atoms with Gasteiger partial charge in [0.1, 0.15) is 0 Å². The summed E-state index contributed by atoms with van der Waals surface area (Å²) >= 11 is 0. The number of hydrogen-bond donors (Lipinski definition) is 0. The molecular formula is C14H19NOS. The molecule has 0 fully saturated rings. The Balaban J connectivity index is 2.54. The summed E-state index contributed by atoms with van der Waals surface area (Å²) < 4.78 is 11.9. The van der Waals surface area contributed by atoms with E-state index in [2.05, 4.69) is 19.9 Å². The molecule has 17 heavy (non-hydrogen) atoms. The Morgan fingerprint density at radius 2 is 1.94 bits per heavy atom. The van der Waals surface area contributed by atoms with Gasteiger partial charge in [0.05, 0.1) is 12.0 Å². The second-order valence-corrected chi connectivity index (χ2v) is 6.21. The van der Waals surface area contributed by atoms with Crippen molar-refractivity contribution in [1.29, 1.82) is 5.26 Å². The Kier molecular flexibility index (Phi) is 5.93. The molecule has 0 N–H and O–H groups in total. The molecule has 0 saturated heterocycles. The van der Waals surface area contributed by atoms with Gasteiger partial charge in [0.15, 0.2) is 0 Å². The summed E-state index contributed by atoms with van der Waals surface area (Å²) in [6.07, 6.45) is 0.958.